The van der Waals surface area contributed by atoms with Crippen LogP contribution in [0, 0.1) is 26.0 Å². The van der Waals surface area contributed by atoms with Crippen molar-refractivity contribution >= 4 is 23.3 Å². The number of nitrogens with zero attached hydrogens (tertiary/aromatic N) is 3. The Kier molecular flexibility index (Phi) is 5.14. The molecule has 2 aromatic rings. The Hall–Kier alpha value is -3.57. The Morgan fingerprint density at radius 2 is 1.50 bits per heavy atom. The first-order valence-electron chi connectivity index (χ1n) is 6.68. The molecule has 0 amide bonds. The van der Waals surface area contributed by atoms with Crippen molar-refractivity contribution in [1.29, 1.82) is 0 Å². The third-order valence-electron chi connectivity index (χ3n) is 3.08. The van der Waals surface area contributed by atoms with Crippen LogP contribution in [0.5, 0.6) is 0 Å². The Balaban J connectivity index is 2.46. The van der Waals surface area contributed by atoms with E-state index in [1.54, 1.807) is 0 Å². The Morgan fingerprint density at radius 1 is 1.00 bits per heavy atom. The van der Waals surface area contributed by atoms with E-state index in [0.717, 1.165) is 18.3 Å². The predicted octanol–water partition coefficient (Wildman–Crippen LogP) is 4.11. The van der Waals surface area contributed by atoms with Crippen molar-refractivity contribution in [2.75, 3.05) is 5.43 Å². The number of benzene rings is 2. The van der Waals surface area contributed by atoms with Crippen LogP contribution in [0.1, 0.15) is 11.1 Å². The number of alkyl halides is 3. The van der Waals surface area contributed by atoms with Gasteiger partial charge < -0.3 is 0 Å². The Morgan fingerprint density at radius 3 is 1.92 bits per heavy atom. The average Bonchev–Trinajstić information content (AvgIpc) is 2.55. The standard InChI is InChI=1S/C14H8F4N4O4/c15-10-3-1-8(2-4-10)7-19-20-13-11(21(23)24)5-9(14(16,17)18)6-12(13)22(25)26/h1-7,20H/b19-7-. The molecule has 0 saturated heterocycles. The van der Waals surface area contributed by atoms with Gasteiger partial charge >= 0.3 is 17.6 Å². The molecule has 0 aromatic heterocycles. The van der Waals surface area contributed by atoms with Gasteiger partial charge in [0.2, 0.25) is 5.69 Å². The lowest BCUT2D eigenvalue weighted by Gasteiger charge is -2.09. The summed E-state index contributed by atoms with van der Waals surface area (Å²) in [5.74, 6) is -0.524. The van der Waals surface area contributed by atoms with E-state index in [2.05, 4.69) is 5.10 Å². The van der Waals surface area contributed by atoms with Gasteiger partial charge in [0.05, 0.1) is 21.6 Å². The molecule has 136 valence electrons. The van der Waals surface area contributed by atoms with Crippen molar-refractivity contribution in [3.63, 3.8) is 0 Å². The van der Waals surface area contributed by atoms with E-state index >= 15 is 0 Å². The van der Waals surface area contributed by atoms with E-state index in [0.29, 0.717) is 5.56 Å². The van der Waals surface area contributed by atoms with Crippen LogP contribution in [-0.4, -0.2) is 16.1 Å². The molecule has 0 bridgehead atoms. The molecule has 1 N–H and O–H groups in total. The third-order valence-corrected chi connectivity index (χ3v) is 3.08. The van der Waals surface area contributed by atoms with Gasteiger partial charge in [0.1, 0.15) is 5.82 Å². The van der Waals surface area contributed by atoms with Crippen LogP contribution in [0.2, 0.25) is 0 Å². The highest BCUT2D eigenvalue weighted by Gasteiger charge is 2.37. The normalized spacial score (nSPS) is 11.5. The van der Waals surface area contributed by atoms with Crippen LogP contribution in [0.15, 0.2) is 41.5 Å². The van der Waals surface area contributed by atoms with Crippen molar-refractivity contribution in [3.05, 3.63) is 73.6 Å². The van der Waals surface area contributed by atoms with Gasteiger partial charge in [-0.1, -0.05) is 12.1 Å². The smallest absolute Gasteiger partial charge is 0.266 e. The second kappa shape index (κ2) is 7.13. The average molecular weight is 372 g/mol. The van der Waals surface area contributed by atoms with Crippen molar-refractivity contribution in [1.82, 2.24) is 0 Å². The van der Waals surface area contributed by atoms with E-state index in [1.807, 2.05) is 5.43 Å². The maximum absolute atomic E-state index is 12.8. The number of nitrogens with one attached hydrogen (secondary N) is 1. The molecule has 12 heteroatoms. The summed E-state index contributed by atoms with van der Waals surface area (Å²) in [6.07, 6.45) is -3.95. The fourth-order valence-corrected chi connectivity index (χ4v) is 1.90. The highest BCUT2D eigenvalue weighted by Crippen LogP contribution is 2.41. The van der Waals surface area contributed by atoms with Crippen LogP contribution < -0.4 is 5.43 Å². The third kappa shape index (κ3) is 4.28. The predicted molar refractivity (Wildman–Crippen MR) is 82.4 cm³/mol. The Bertz CT molecular complexity index is 847. The minimum absolute atomic E-state index is 0.169. The molecule has 2 aromatic carbocycles. The van der Waals surface area contributed by atoms with Crippen LogP contribution >= 0.6 is 0 Å². The second-order valence-electron chi connectivity index (χ2n) is 4.82. The molecule has 26 heavy (non-hydrogen) atoms. The van der Waals surface area contributed by atoms with Gasteiger partial charge in [0, 0.05) is 12.1 Å². The van der Waals surface area contributed by atoms with Gasteiger partial charge in [0.25, 0.3) is 0 Å². The van der Waals surface area contributed by atoms with Crippen molar-refractivity contribution in [2.45, 2.75) is 6.18 Å². The lowest BCUT2D eigenvalue weighted by atomic mass is 10.1. The fraction of sp³-hybridized carbons (Fsp3) is 0.0714. The highest BCUT2D eigenvalue weighted by molar-refractivity contribution is 5.82. The molecule has 2 rings (SSSR count). The van der Waals surface area contributed by atoms with E-state index in [-0.39, 0.29) is 12.1 Å². The highest BCUT2D eigenvalue weighted by atomic mass is 19.4. The molecule has 0 radical (unpaired) electrons. The van der Waals surface area contributed by atoms with E-state index < -0.39 is 44.5 Å². The number of anilines is 1. The topological polar surface area (TPSA) is 111 Å². The first-order chi connectivity index (χ1) is 12.1. The molecule has 0 heterocycles. The number of nitro benzene ring substituents is 2. The number of nitro groups is 2. The second-order valence-corrected chi connectivity index (χ2v) is 4.82. The molecule has 0 aliphatic rings. The number of halogens is 4. The first kappa shape index (κ1) is 18.8. The quantitative estimate of drug-likeness (QED) is 0.368. The maximum Gasteiger partial charge on any atom is 0.416 e. The number of hydrogen-bond acceptors (Lipinski definition) is 6. The monoisotopic (exact) mass is 372 g/mol. The van der Waals surface area contributed by atoms with E-state index in [4.69, 9.17) is 0 Å². The van der Waals surface area contributed by atoms with Gasteiger partial charge in [-0.2, -0.15) is 18.3 Å². The SMILES string of the molecule is O=[N+]([O-])c1cc(C(F)(F)F)cc([N+](=O)[O-])c1N/N=C\c1ccc(F)cc1. The van der Waals surface area contributed by atoms with Crippen molar-refractivity contribution in [3.8, 4) is 0 Å². The number of rotatable bonds is 5. The van der Waals surface area contributed by atoms with Crippen molar-refractivity contribution < 1.29 is 27.4 Å². The summed E-state index contributed by atoms with van der Waals surface area (Å²) >= 11 is 0. The lowest BCUT2D eigenvalue weighted by molar-refractivity contribution is -0.392. The molecule has 0 atom stereocenters. The van der Waals surface area contributed by atoms with Crippen LogP contribution in [0.4, 0.5) is 34.6 Å². The molecule has 0 saturated carbocycles. The zero-order chi connectivity index (χ0) is 19.5. The van der Waals surface area contributed by atoms with Gasteiger partial charge in [0.15, 0.2) is 0 Å². The summed E-state index contributed by atoms with van der Waals surface area (Å²) in [6.45, 7) is 0. The summed E-state index contributed by atoms with van der Waals surface area (Å²) in [5.41, 5.74) is -2.32. The van der Waals surface area contributed by atoms with Crippen LogP contribution in [-0.2, 0) is 6.18 Å². The first-order valence-corrected chi connectivity index (χ1v) is 6.68. The largest absolute Gasteiger partial charge is 0.416 e. The fourth-order valence-electron chi connectivity index (χ4n) is 1.90. The zero-order valence-corrected chi connectivity index (χ0v) is 12.5. The summed E-state index contributed by atoms with van der Waals surface area (Å²) in [7, 11) is 0. The van der Waals surface area contributed by atoms with Crippen LogP contribution in [0.25, 0.3) is 0 Å². The summed E-state index contributed by atoms with van der Waals surface area (Å²) in [6, 6.07) is 5.15. The lowest BCUT2D eigenvalue weighted by Crippen LogP contribution is -2.09. The molecule has 0 spiro atoms. The molecular weight excluding hydrogens is 364 g/mol. The molecule has 0 unspecified atom stereocenters. The minimum atomic E-state index is -5.01. The zero-order valence-electron chi connectivity index (χ0n) is 12.5. The van der Waals surface area contributed by atoms with Gasteiger partial charge in [-0.15, -0.1) is 0 Å². The summed E-state index contributed by atoms with van der Waals surface area (Å²) in [5, 5.41) is 25.6. The summed E-state index contributed by atoms with van der Waals surface area (Å²) < 4.78 is 51.1. The van der Waals surface area contributed by atoms with Crippen LogP contribution in [0.3, 0.4) is 0 Å². The van der Waals surface area contributed by atoms with E-state index in [1.165, 1.54) is 12.1 Å². The molecule has 8 nitrogen and oxygen atoms in total. The van der Waals surface area contributed by atoms with Gasteiger partial charge in [-0.05, 0) is 17.7 Å². The molecule has 0 aliphatic carbocycles. The minimum Gasteiger partial charge on any atom is -0.266 e. The molecule has 0 fully saturated rings. The van der Waals surface area contributed by atoms with E-state index in [9.17, 15) is 37.8 Å². The Labute approximate surface area is 142 Å². The van der Waals surface area contributed by atoms with Gasteiger partial charge in [-0.25, -0.2) is 4.39 Å². The number of hydrazone groups is 1. The molecule has 0 aliphatic heterocycles. The number of hydrogen-bond donors (Lipinski definition) is 1. The molecular formula is C14H8F4N4O4. The summed E-state index contributed by atoms with van der Waals surface area (Å²) in [4.78, 5) is 19.7. The van der Waals surface area contributed by atoms with Crippen molar-refractivity contribution in [2.24, 2.45) is 5.10 Å². The van der Waals surface area contributed by atoms with Gasteiger partial charge in [-0.3, -0.25) is 25.7 Å². The maximum atomic E-state index is 12.8.